The lowest BCUT2D eigenvalue weighted by molar-refractivity contribution is 0.414. The summed E-state index contributed by atoms with van der Waals surface area (Å²) in [4.78, 5) is 9.50. The molecule has 0 amide bonds. The average Bonchev–Trinajstić information content (AvgIpc) is 3.20. The van der Waals surface area contributed by atoms with Gasteiger partial charge in [0.1, 0.15) is 5.75 Å². The molecule has 1 N–H and O–H groups in total. The molecule has 3 aromatic heterocycles. The number of nitrogens with one attached hydrogen (secondary N) is 1. The summed E-state index contributed by atoms with van der Waals surface area (Å²) < 4.78 is 6.97. The molecule has 0 saturated heterocycles. The van der Waals surface area contributed by atoms with Crippen molar-refractivity contribution in [2.24, 2.45) is 0 Å². The van der Waals surface area contributed by atoms with E-state index in [0.717, 1.165) is 27.1 Å². The van der Waals surface area contributed by atoms with Crippen molar-refractivity contribution in [1.82, 2.24) is 19.6 Å². The molecule has 0 aliphatic heterocycles. The number of benzene rings is 1. The van der Waals surface area contributed by atoms with Crippen molar-refractivity contribution in [2.75, 3.05) is 12.4 Å². The molecule has 0 radical (unpaired) electrons. The van der Waals surface area contributed by atoms with Gasteiger partial charge in [-0.25, -0.2) is 9.50 Å². The second kappa shape index (κ2) is 6.29. The minimum Gasteiger partial charge on any atom is -0.497 e. The van der Waals surface area contributed by atoms with Crippen LogP contribution in [-0.4, -0.2) is 26.7 Å². The van der Waals surface area contributed by atoms with Crippen LogP contribution in [0.4, 0.5) is 5.13 Å². The Morgan fingerprint density at radius 2 is 1.92 bits per heavy atom. The minimum absolute atomic E-state index is 0.706. The Morgan fingerprint density at radius 3 is 2.62 bits per heavy atom. The Morgan fingerprint density at radius 1 is 1.12 bits per heavy atom. The van der Waals surface area contributed by atoms with E-state index in [9.17, 15) is 0 Å². The highest BCUT2D eigenvalue weighted by Crippen LogP contribution is 2.24. The minimum atomic E-state index is 0.706. The first-order valence-corrected chi connectivity index (χ1v) is 8.27. The van der Waals surface area contributed by atoms with E-state index in [0.29, 0.717) is 6.54 Å². The van der Waals surface area contributed by atoms with Crippen LogP contribution in [0.15, 0.2) is 55.0 Å². The zero-order valence-corrected chi connectivity index (χ0v) is 13.8. The van der Waals surface area contributed by atoms with Crippen LogP contribution < -0.4 is 10.1 Å². The van der Waals surface area contributed by atoms with Crippen LogP contribution in [0.5, 0.6) is 5.75 Å². The van der Waals surface area contributed by atoms with E-state index in [2.05, 4.69) is 20.4 Å². The number of fused-ring (bicyclic) bond motifs is 1. The molecule has 0 fully saturated rings. The summed E-state index contributed by atoms with van der Waals surface area (Å²) in [5.74, 6) is 0.857. The van der Waals surface area contributed by atoms with Crippen molar-refractivity contribution < 1.29 is 4.74 Å². The second-order valence-corrected chi connectivity index (χ2v) is 6.15. The summed E-state index contributed by atoms with van der Waals surface area (Å²) in [5.41, 5.74) is 3.11. The topological polar surface area (TPSA) is 64.3 Å². The van der Waals surface area contributed by atoms with E-state index in [1.807, 2.05) is 42.6 Å². The molecule has 0 aliphatic rings. The molecule has 0 unspecified atom stereocenters. The molecule has 4 aromatic rings. The van der Waals surface area contributed by atoms with Crippen LogP contribution >= 0.6 is 11.3 Å². The van der Waals surface area contributed by atoms with Crippen LogP contribution in [0, 0.1) is 0 Å². The largest absolute Gasteiger partial charge is 0.497 e. The molecule has 0 saturated carbocycles. The monoisotopic (exact) mass is 337 g/mol. The van der Waals surface area contributed by atoms with Gasteiger partial charge in [-0.15, -0.1) is 5.10 Å². The van der Waals surface area contributed by atoms with Crippen LogP contribution in [0.2, 0.25) is 0 Å². The number of hydrogen-bond donors (Lipinski definition) is 1. The van der Waals surface area contributed by atoms with Gasteiger partial charge in [0.05, 0.1) is 19.0 Å². The summed E-state index contributed by atoms with van der Waals surface area (Å²) in [6, 6.07) is 11.8. The van der Waals surface area contributed by atoms with Crippen LogP contribution in [0.25, 0.3) is 16.2 Å². The molecular weight excluding hydrogens is 322 g/mol. The Hall–Kier alpha value is -2.93. The second-order valence-electron chi connectivity index (χ2n) is 5.20. The normalized spacial score (nSPS) is 10.9. The quantitative estimate of drug-likeness (QED) is 0.604. The third-order valence-electron chi connectivity index (χ3n) is 3.62. The number of methoxy groups -OCH3 is 1. The van der Waals surface area contributed by atoms with E-state index in [4.69, 9.17) is 4.74 Å². The van der Waals surface area contributed by atoms with Gasteiger partial charge in [-0.1, -0.05) is 23.5 Å². The summed E-state index contributed by atoms with van der Waals surface area (Å²) in [5, 5.41) is 8.70. The lowest BCUT2D eigenvalue weighted by Gasteiger charge is -2.04. The third kappa shape index (κ3) is 2.93. The van der Waals surface area contributed by atoms with Crippen molar-refractivity contribution in [1.29, 1.82) is 0 Å². The highest BCUT2D eigenvalue weighted by Gasteiger charge is 2.09. The number of anilines is 1. The molecule has 24 heavy (non-hydrogen) atoms. The summed E-state index contributed by atoms with van der Waals surface area (Å²) in [7, 11) is 1.67. The maximum atomic E-state index is 5.16. The molecule has 0 spiro atoms. The molecule has 0 atom stereocenters. The predicted molar refractivity (Wildman–Crippen MR) is 94.4 cm³/mol. The van der Waals surface area contributed by atoms with Gasteiger partial charge in [0.25, 0.3) is 0 Å². The number of ether oxygens (including phenoxy) is 1. The maximum Gasteiger partial charge on any atom is 0.214 e. The zero-order chi connectivity index (χ0) is 16.4. The van der Waals surface area contributed by atoms with E-state index >= 15 is 0 Å². The number of aromatic nitrogens is 4. The van der Waals surface area contributed by atoms with Crippen LogP contribution in [0.1, 0.15) is 5.56 Å². The SMILES string of the molecule is COc1ccc(CNc2nn3cc(-c4ccncc4)nc3s2)cc1. The van der Waals surface area contributed by atoms with Gasteiger partial charge in [0.15, 0.2) is 0 Å². The van der Waals surface area contributed by atoms with Crippen LogP contribution in [-0.2, 0) is 6.54 Å². The molecule has 3 heterocycles. The smallest absolute Gasteiger partial charge is 0.214 e. The Labute approximate surface area is 142 Å². The average molecular weight is 337 g/mol. The highest BCUT2D eigenvalue weighted by atomic mass is 32.1. The Balaban J connectivity index is 1.48. The van der Waals surface area contributed by atoms with Crippen molar-refractivity contribution in [3.05, 3.63) is 60.6 Å². The summed E-state index contributed by atoms with van der Waals surface area (Å²) in [6.45, 7) is 0.706. The van der Waals surface area contributed by atoms with Gasteiger partial charge in [-0.2, -0.15) is 0 Å². The van der Waals surface area contributed by atoms with E-state index in [1.165, 1.54) is 16.9 Å². The van der Waals surface area contributed by atoms with Gasteiger partial charge in [-0.05, 0) is 29.8 Å². The standard InChI is InChI=1S/C17H15N5OS/c1-23-14-4-2-12(3-5-14)10-19-16-21-22-11-15(20-17(22)24-16)13-6-8-18-9-7-13/h2-9,11H,10H2,1H3,(H,19,21). The fraction of sp³-hybridized carbons (Fsp3) is 0.118. The molecule has 6 nitrogen and oxygen atoms in total. The highest BCUT2D eigenvalue weighted by molar-refractivity contribution is 7.20. The van der Waals surface area contributed by atoms with Crippen molar-refractivity contribution in [3.63, 3.8) is 0 Å². The van der Waals surface area contributed by atoms with Gasteiger partial charge in [0, 0.05) is 24.5 Å². The zero-order valence-electron chi connectivity index (χ0n) is 13.0. The van der Waals surface area contributed by atoms with E-state index in [1.54, 1.807) is 24.0 Å². The molecule has 0 bridgehead atoms. The Kier molecular flexibility index (Phi) is 3.84. The lowest BCUT2D eigenvalue weighted by Crippen LogP contribution is -1.99. The molecule has 4 rings (SSSR count). The molecule has 7 heteroatoms. The number of hydrogen-bond acceptors (Lipinski definition) is 6. The number of imidazole rings is 1. The first-order chi connectivity index (χ1) is 11.8. The molecule has 1 aromatic carbocycles. The van der Waals surface area contributed by atoms with Crippen molar-refractivity contribution >= 4 is 21.4 Å². The fourth-order valence-electron chi connectivity index (χ4n) is 2.35. The number of nitrogens with zero attached hydrogens (tertiary/aromatic N) is 4. The van der Waals surface area contributed by atoms with Gasteiger partial charge < -0.3 is 10.1 Å². The van der Waals surface area contributed by atoms with E-state index < -0.39 is 0 Å². The molecular formula is C17H15N5OS. The van der Waals surface area contributed by atoms with Crippen LogP contribution in [0.3, 0.4) is 0 Å². The number of pyridine rings is 1. The number of rotatable bonds is 5. The van der Waals surface area contributed by atoms with Gasteiger partial charge >= 0.3 is 0 Å². The van der Waals surface area contributed by atoms with E-state index in [-0.39, 0.29) is 0 Å². The summed E-state index contributed by atoms with van der Waals surface area (Å²) in [6.07, 6.45) is 5.45. The third-order valence-corrected chi connectivity index (χ3v) is 4.50. The van der Waals surface area contributed by atoms with Crippen molar-refractivity contribution in [2.45, 2.75) is 6.54 Å². The van der Waals surface area contributed by atoms with Crippen molar-refractivity contribution in [3.8, 4) is 17.0 Å². The first-order valence-electron chi connectivity index (χ1n) is 7.45. The van der Waals surface area contributed by atoms with Gasteiger partial charge in [0.2, 0.25) is 10.1 Å². The lowest BCUT2D eigenvalue weighted by atomic mass is 10.2. The summed E-state index contributed by atoms with van der Waals surface area (Å²) >= 11 is 1.53. The van der Waals surface area contributed by atoms with Gasteiger partial charge in [-0.3, -0.25) is 4.98 Å². The first kappa shape index (κ1) is 14.6. The molecule has 0 aliphatic carbocycles. The predicted octanol–water partition coefficient (Wildman–Crippen LogP) is 3.47. The fourth-order valence-corrected chi connectivity index (χ4v) is 3.13. The Bertz CT molecular complexity index is 915. The maximum absolute atomic E-state index is 5.16. The molecule has 120 valence electrons.